The van der Waals surface area contributed by atoms with Crippen LogP contribution in [0.3, 0.4) is 0 Å². The number of nitrogens with one attached hydrogen (secondary N) is 1. The molecule has 5 nitrogen and oxygen atoms in total. The molecule has 0 aliphatic rings. The van der Waals surface area contributed by atoms with Crippen molar-refractivity contribution in [2.45, 2.75) is 19.4 Å². The molecule has 86 valence electrons. The van der Waals surface area contributed by atoms with Gasteiger partial charge in [-0.1, -0.05) is 11.6 Å². The monoisotopic (exact) mass is 241 g/mol. The summed E-state index contributed by atoms with van der Waals surface area (Å²) in [4.78, 5) is 26.6. The number of pyridine rings is 1. The van der Waals surface area contributed by atoms with E-state index >= 15 is 0 Å². The molecule has 3 N–H and O–H groups in total. The largest absolute Gasteiger partial charge is 0.368 e. The maximum absolute atomic E-state index is 11.7. The molecule has 1 aromatic heterocycles. The highest BCUT2D eigenvalue weighted by Gasteiger charge is 2.27. The quantitative estimate of drug-likeness (QED) is 0.818. The van der Waals surface area contributed by atoms with Crippen LogP contribution in [0.15, 0.2) is 18.5 Å². The van der Waals surface area contributed by atoms with Crippen molar-refractivity contribution in [3.63, 3.8) is 0 Å². The number of carbonyl (C=O) groups is 2. The maximum Gasteiger partial charge on any atom is 0.255 e. The third-order valence-corrected chi connectivity index (χ3v) is 2.38. The van der Waals surface area contributed by atoms with Gasteiger partial charge in [-0.05, 0) is 19.9 Å². The minimum Gasteiger partial charge on any atom is -0.368 e. The van der Waals surface area contributed by atoms with Gasteiger partial charge in [-0.3, -0.25) is 14.6 Å². The zero-order valence-corrected chi connectivity index (χ0v) is 9.71. The Hall–Kier alpha value is -1.62. The molecule has 1 aromatic rings. The van der Waals surface area contributed by atoms with E-state index in [1.54, 1.807) is 0 Å². The van der Waals surface area contributed by atoms with Crippen LogP contribution in [-0.4, -0.2) is 22.3 Å². The van der Waals surface area contributed by atoms with Crippen molar-refractivity contribution in [1.29, 1.82) is 0 Å². The number of amides is 2. The standard InChI is InChI=1S/C10H12ClN3O2/c1-10(2,9(12)16)14-8(15)6-5-13-4-3-7(6)11/h3-5H,1-2H3,(H2,12,16)(H,14,15). The van der Waals surface area contributed by atoms with Crippen molar-refractivity contribution in [1.82, 2.24) is 10.3 Å². The predicted molar refractivity (Wildman–Crippen MR) is 60.0 cm³/mol. The minimum absolute atomic E-state index is 0.207. The molecule has 0 spiro atoms. The lowest BCUT2D eigenvalue weighted by atomic mass is 10.0. The first kappa shape index (κ1) is 12.4. The number of rotatable bonds is 3. The number of nitrogens with two attached hydrogens (primary N) is 1. The number of aromatic nitrogens is 1. The van der Waals surface area contributed by atoms with Gasteiger partial charge >= 0.3 is 0 Å². The molecule has 0 aliphatic carbocycles. The van der Waals surface area contributed by atoms with E-state index in [4.69, 9.17) is 17.3 Å². The Morgan fingerprint density at radius 2 is 2.12 bits per heavy atom. The zero-order valence-electron chi connectivity index (χ0n) is 8.95. The van der Waals surface area contributed by atoms with Crippen LogP contribution in [0.4, 0.5) is 0 Å². The van der Waals surface area contributed by atoms with Gasteiger partial charge in [0, 0.05) is 12.4 Å². The van der Waals surface area contributed by atoms with Crippen molar-refractivity contribution in [2.75, 3.05) is 0 Å². The Morgan fingerprint density at radius 3 is 2.62 bits per heavy atom. The van der Waals surface area contributed by atoms with E-state index in [1.165, 1.54) is 32.3 Å². The molecule has 16 heavy (non-hydrogen) atoms. The summed E-state index contributed by atoms with van der Waals surface area (Å²) < 4.78 is 0. The van der Waals surface area contributed by atoms with Crippen LogP contribution in [0, 0.1) is 0 Å². The van der Waals surface area contributed by atoms with Gasteiger partial charge in [-0.2, -0.15) is 0 Å². The Bertz CT molecular complexity index is 432. The van der Waals surface area contributed by atoms with E-state index in [0.29, 0.717) is 0 Å². The summed E-state index contributed by atoms with van der Waals surface area (Å²) in [5, 5.41) is 2.75. The van der Waals surface area contributed by atoms with E-state index in [-0.39, 0.29) is 10.6 Å². The number of hydrogen-bond donors (Lipinski definition) is 2. The lowest BCUT2D eigenvalue weighted by Crippen LogP contribution is -2.53. The average molecular weight is 242 g/mol. The molecule has 1 rings (SSSR count). The highest BCUT2D eigenvalue weighted by atomic mass is 35.5. The number of carbonyl (C=O) groups excluding carboxylic acids is 2. The topological polar surface area (TPSA) is 85.1 Å². The fourth-order valence-corrected chi connectivity index (χ4v) is 1.15. The number of nitrogens with zero attached hydrogens (tertiary/aromatic N) is 1. The van der Waals surface area contributed by atoms with E-state index < -0.39 is 17.4 Å². The lowest BCUT2D eigenvalue weighted by Gasteiger charge is -2.22. The van der Waals surface area contributed by atoms with Gasteiger partial charge in [0.25, 0.3) is 5.91 Å². The predicted octanol–water partition coefficient (Wildman–Crippen LogP) is 0.729. The number of hydrogen-bond acceptors (Lipinski definition) is 3. The smallest absolute Gasteiger partial charge is 0.255 e. The summed E-state index contributed by atoms with van der Waals surface area (Å²) in [6.07, 6.45) is 2.80. The second-order valence-corrected chi connectivity index (χ2v) is 4.21. The Kier molecular flexibility index (Phi) is 3.49. The molecule has 0 aromatic carbocycles. The SMILES string of the molecule is CC(C)(NC(=O)c1cnccc1Cl)C(N)=O. The molecular formula is C10H12ClN3O2. The van der Waals surface area contributed by atoms with Crippen molar-refractivity contribution < 1.29 is 9.59 Å². The lowest BCUT2D eigenvalue weighted by molar-refractivity contribution is -0.122. The molecular weight excluding hydrogens is 230 g/mol. The summed E-state index contributed by atoms with van der Waals surface area (Å²) in [5.74, 6) is -1.11. The van der Waals surface area contributed by atoms with Gasteiger partial charge in [0.05, 0.1) is 10.6 Å². The van der Waals surface area contributed by atoms with Crippen molar-refractivity contribution in [3.8, 4) is 0 Å². The number of halogens is 1. The van der Waals surface area contributed by atoms with Gasteiger partial charge in [-0.25, -0.2) is 0 Å². The van der Waals surface area contributed by atoms with Crippen LogP contribution in [-0.2, 0) is 4.79 Å². The first-order chi connectivity index (χ1) is 7.34. The second kappa shape index (κ2) is 4.49. The second-order valence-electron chi connectivity index (χ2n) is 3.80. The van der Waals surface area contributed by atoms with E-state index in [0.717, 1.165) is 0 Å². The van der Waals surface area contributed by atoms with E-state index in [9.17, 15) is 9.59 Å². The Labute approximate surface area is 98.0 Å². The van der Waals surface area contributed by atoms with Crippen molar-refractivity contribution in [3.05, 3.63) is 29.0 Å². The molecule has 2 amide bonds. The third-order valence-electron chi connectivity index (χ3n) is 2.05. The Morgan fingerprint density at radius 1 is 1.50 bits per heavy atom. The summed E-state index contributed by atoms with van der Waals surface area (Å²) >= 11 is 5.81. The van der Waals surface area contributed by atoms with Crippen molar-refractivity contribution >= 4 is 23.4 Å². The highest BCUT2D eigenvalue weighted by Crippen LogP contribution is 2.14. The summed E-state index contributed by atoms with van der Waals surface area (Å²) in [6, 6.07) is 1.49. The first-order valence-corrected chi connectivity index (χ1v) is 4.94. The van der Waals surface area contributed by atoms with Gasteiger partial charge in [0.15, 0.2) is 0 Å². The minimum atomic E-state index is -1.13. The molecule has 0 unspecified atom stereocenters. The molecule has 0 saturated carbocycles. The molecule has 0 bridgehead atoms. The van der Waals surface area contributed by atoms with Gasteiger partial charge in [0.2, 0.25) is 5.91 Å². The fraction of sp³-hybridized carbons (Fsp3) is 0.300. The summed E-state index contributed by atoms with van der Waals surface area (Å²) in [7, 11) is 0. The maximum atomic E-state index is 11.7. The van der Waals surface area contributed by atoms with Crippen molar-refractivity contribution in [2.24, 2.45) is 5.73 Å². The van der Waals surface area contributed by atoms with E-state index in [1.807, 2.05) is 0 Å². The van der Waals surface area contributed by atoms with Crippen LogP contribution in [0.5, 0.6) is 0 Å². The van der Waals surface area contributed by atoms with Gasteiger partial charge in [-0.15, -0.1) is 0 Å². The molecule has 0 aliphatic heterocycles. The van der Waals surface area contributed by atoms with Crippen LogP contribution >= 0.6 is 11.6 Å². The summed E-state index contributed by atoms with van der Waals surface area (Å²) in [5.41, 5.74) is 4.21. The molecule has 0 saturated heterocycles. The van der Waals surface area contributed by atoms with E-state index in [2.05, 4.69) is 10.3 Å². The average Bonchev–Trinajstić information content (AvgIpc) is 2.17. The molecule has 0 atom stereocenters. The van der Waals surface area contributed by atoms with Gasteiger partial charge < -0.3 is 11.1 Å². The molecule has 6 heteroatoms. The fourth-order valence-electron chi connectivity index (χ4n) is 0.957. The first-order valence-electron chi connectivity index (χ1n) is 4.56. The molecule has 1 heterocycles. The third kappa shape index (κ3) is 2.70. The van der Waals surface area contributed by atoms with Crippen LogP contribution < -0.4 is 11.1 Å². The molecule has 0 radical (unpaired) electrons. The van der Waals surface area contributed by atoms with Gasteiger partial charge in [0.1, 0.15) is 5.54 Å². The van der Waals surface area contributed by atoms with Crippen LogP contribution in [0.25, 0.3) is 0 Å². The summed E-state index contributed by atoms with van der Waals surface area (Å²) in [6.45, 7) is 3.02. The van der Waals surface area contributed by atoms with Crippen LogP contribution in [0.1, 0.15) is 24.2 Å². The highest BCUT2D eigenvalue weighted by molar-refractivity contribution is 6.33. The number of primary amides is 1. The zero-order chi connectivity index (χ0) is 12.3. The molecule has 0 fully saturated rings. The van der Waals surface area contributed by atoms with Crippen LogP contribution in [0.2, 0.25) is 5.02 Å². The normalized spacial score (nSPS) is 10.9. The Balaban J connectivity index is 2.89.